The lowest BCUT2D eigenvalue weighted by atomic mass is 10.1. The number of rotatable bonds is 5. The molecule has 0 saturated carbocycles. The second-order valence-corrected chi connectivity index (χ2v) is 3.97. The molecule has 1 aromatic carbocycles. The largest absolute Gasteiger partial charge is 0.483 e. The Morgan fingerprint density at radius 1 is 1.35 bits per heavy atom. The van der Waals surface area contributed by atoms with Crippen molar-refractivity contribution in [3.05, 3.63) is 29.3 Å². The van der Waals surface area contributed by atoms with Crippen molar-refractivity contribution in [2.24, 2.45) is 0 Å². The van der Waals surface area contributed by atoms with E-state index in [1.807, 2.05) is 0 Å². The van der Waals surface area contributed by atoms with Crippen molar-refractivity contribution in [2.45, 2.75) is 13.1 Å². The van der Waals surface area contributed by atoms with Crippen LogP contribution in [0.15, 0.2) is 18.2 Å². The summed E-state index contributed by atoms with van der Waals surface area (Å²) in [6, 6.07) is 4.04. The van der Waals surface area contributed by atoms with Crippen LogP contribution in [0.25, 0.3) is 0 Å². The van der Waals surface area contributed by atoms with E-state index in [2.05, 4.69) is 0 Å². The normalized spacial score (nSPS) is 11.0. The number of carboxylic acid groups (broad SMARTS) is 1. The number of ether oxygens (including phenoxy) is 1. The Hall–Kier alpha value is -2.25. The van der Waals surface area contributed by atoms with Crippen molar-refractivity contribution >= 4 is 11.9 Å². The van der Waals surface area contributed by atoms with Gasteiger partial charge in [-0.05, 0) is 24.6 Å². The fraction of sp³-hybridized carbons (Fsp3) is 0.333. The Balaban J connectivity index is 2.59. The molecule has 0 bridgehead atoms. The number of hydrogen-bond acceptors (Lipinski definition) is 3. The molecule has 0 atom stereocenters. The zero-order valence-electron chi connectivity index (χ0n) is 10.5. The van der Waals surface area contributed by atoms with Gasteiger partial charge in [0.15, 0.2) is 6.61 Å². The number of carboxylic acids is 1. The highest BCUT2D eigenvalue weighted by Crippen LogP contribution is 2.19. The van der Waals surface area contributed by atoms with Crippen LogP contribution in [0.1, 0.15) is 15.9 Å². The molecule has 0 aliphatic rings. The molecule has 2 N–H and O–H groups in total. The molecule has 0 fully saturated rings. The Kier molecular flexibility index (Phi) is 4.95. The third-order valence-electron chi connectivity index (χ3n) is 2.28. The number of aromatic carboxylic acids is 1. The van der Waals surface area contributed by atoms with Crippen LogP contribution >= 0.6 is 0 Å². The van der Waals surface area contributed by atoms with Gasteiger partial charge in [0.25, 0.3) is 5.91 Å². The predicted molar refractivity (Wildman–Crippen MR) is 62.7 cm³/mol. The average Bonchev–Trinajstić information content (AvgIpc) is 2.34. The quantitative estimate of drug-likeness (QED) is 0.866. The van der Waals surface area contributed by atoms with Crippen molar-refractivity contribution in [2.75, 3.05) is 13.2 Å². The van der Waals surface area contributed by atoms with E-state index in [4.69, 9.17) is 9.84 Å². The lowest BCUT2D eigenvalue weighted by molar-refractivity contribution is -0.139. The summed E-state index contributed by atoms with van der Waals surface area (Å²) < 4.78 is 40.6. The van der Waals surface area contributed by atoms with Gasteiger partial charge < -0.3 is 15.2 Å². The Labute approximate surface area is 112 Å². The van der Waals surface area contributed by atoms with E-state index >= 15 is 0 Å². The van der Waals surface area contributed by atoms with Crippen molar-refractivity contribution in [3.8, 4) is 5.75 Å². The molecule has 0 heterocycles. The van der Waals surface area contributed by atoms with Gasteiger partial charge in [-0.2, -0.15) is 13.2 Å². The van der Waals surface area contributed by atoms with Gasteiger partial charge >= 0.3 is 12.1 Å². The van der Waals surface area contributed by atoms with E-state index in [0.717, 1.165) is 0 Å². The van der Waals surface area contributed by atoms with Gasteiger partial charge in [0.05, 0.1) is 5.56 Å². The second kappa shape index (κ2) is 6.27. The Bertz CT molecular complexity index is 514. The van der Waals surface area contributed by atoms with Crippen LogP contribution in [-0.2, 0) is 4.79 Å². The summed E-state index contributed by atoms with van der Waals surface area (Å²) in [6.07, 6.45) is -4.49. The molecular formula is C12H12F3NO4. The summed E-state index contributed by atoms with van der Waals surface area (Å²) >= 11 is 0. The fourth-order valence-electron chi connectivity index (χ4n) is 1.28. The molecule has 20 heavy (non-hydrogen) atoms. The topological polar surface area (TPSA) is 75.6 Å². The monoisotopic (exact) mass is 291 g/mol. The number of aryl methyl sites for hydroxylation is 1. The summed E-state index contributed by atoms with van der Waals surface area (Å²) in [5.74, 6) is -1.98. The van der Waals surface area contributed by atoms with E-state index in [1.54, 1.807) is 12.2 Å². The molecule has 0 aromatic heterocycles. The number of benzene rings is 1. The first-order valence-electron chi connectivity index (χ1n) is 5.49. The molecule has 0 unspecified atom stereocenters. The zero-order valence-corrected chi connectivity index (χ0v) is 10.5. The SMILES string of the molecule is Cc1ccc(C(=O)O)cc1OCC(=O)NCC(F)(F)F. The summed E-state index contributed by atoms with van der Waals surface area (Å²) in [4.78, 5) is 21.9. The predicted octanol–water partition coefficient (Wildman–Crippen LogP) is 1.75. The van der Waals surface area contributed by atoms with E-state index in [-0.39, 0.29) is 11.3 Å². The number of carbonyl (C=O) groups excluding carboxylic acids is 1. The minimum absolute atomic E-state index is 0.0405. The van der Waals surface area contributed by atoms with Crippen molar-refractivity contribution < 1.29 is 32.6 Å². The van der Waals surface area contributed by atoms with Crippen LogP contribution in [0.3, 0.4) is 0 Å². The first-order chi connectivity index (χ1) is 9.19. The highest BCUT2D eigenvalue weighted by Gasteiger charge is 2.27. The molecule has 8 heteroatoms. The lowest BCUT2D eigenvalue weighted by Gasteiger charge is -2.11. The average molecular weight is 291 g/mol. The maximum Gasteiger partial charge on any atom is 0.405 e. The molecular weight excluding hydrogens is 279 g/mol. The molecule has 5 nitrogen and oxygen atoms in total. The van der Waals surface area contributed by atoms with Gasteiger partial charge in [-0.25, -0.2) is 4.79 Å². The second-order valence-electron chi connectivity index (χ2n) is 3.97. The molecule has 1 amide bonds. The smallest absolute Gasteiger partial charge is 0.405 e. The van der Waals surface area contributed by atoms with Crippen molar-refractivity contribution in [1.82, 2.24) is 5.32 Å². The molecule has 0 radical (unpaired) electrons. The molecule has 1 rings (SSSR count). The Morgan fingerprint density at radius 2 is 2.00 bits per heavy atom. The lowest BCUT2D eigenvalue weighted by Crippen LogP contribution is -2.36. The van der Waals surface area contributed by atoms with E-state index in [0.29, 0.717) is 5.56 Å². The number of amides is 1. The number of nitrogens with one attached hydrogen (secondary N) is 1. The van der Waals surface area contributed by atoms with Gasteiger partial charge in [0.1, 0.15) is 12.3 Å². The van der Waals surface area contributed by atoms with Crippen LogP contribution in [0, 0.1) is 6.92 Å². The molecule has 110 valence electrons. The number of hydrogen-bond donors (Lipinski definition) is 2. The van der Waals surface area contributed by atoms with Crippen LogP contribution in [-0.4, -0.2) is 36.3 Å². The van der Waals surface area contributed by atoms with Crippen LogP contribution in [0.5, 0.6) is 5.75 Å². The highest BCUT2D eigenvalue weighted by molar-refractivity contribution is 5.88. The molecule has 0 spiro atoms. The molecule has 0 aliphatic carbocycles. The van der Waals surface area contributed by atoms with E-state index in [9.17, 15) is 22.8 Å². The van der Waals surface area contributed by atoms with Gasteiger partial charge in [0.2, 0.25) is 0 Å². The van der Waals surface area contributed by atoms with Crippen LogP contribution in [0.2, 0.25) is 0 Å². The minimum Gasteiger partial charge on any atom is -0.483 e. The van der Waals surface area contributed by atoms with E-state index < -0.39 is 31.2 Å². The van der Waals surface area contributed by atoms with Crippen LogP contribution in [0.4, 0.5) is 13.2 Å². The van der Waals surface area contributed by atoms with Gasteiger partial charge in [-0.3, -0.25) is 4.79 Å². The van der Waals surface area contributed by atoms with Gasteiger partial charge in [-0.15, -0.1) is 0 Å². The number of halogens is 3. The maximum atomic E-state index is 11.9. The first-order valence-corrected chi connectivity index (χ1v) is 5.49. The molecule has 0 saturated heterocycles. The minimum atomic E-state index is -4.49. The Morgan fingerprint density at radius 3 is 2.55 bits per heavy atom. The maximum absolute atomic E-state index is 11.9. The van der Waals surface area contributed by atoms with Crippen molar-refractivity contribution in [1.29, 1.82) is 0 Å². The summed E-state index contributed by atoms with van der Waals surface area (Å²) in [7, 11) is 0. The number of carbonyl (C=O) groups is 2. The standard InChI is InChI=1S/C12H12F3NO4/c1-7-2-3-8(11(18)19)4-9(7)20-5-10(17)16-6-12(13,14)15/h2-4H,5-6H2,1H3,(H,16,17)(H,18,19). The molecule has 1 aromatic rings. The molecule has 0 aliphatic heterocycles. The third kappa shape index (κ3) is 5.17. The highest BCUT2D eigenvalue weighted by atomic mass is 19.4. The van der Waals surface area contributed by atoms with E-state index in [1.165, 1.54) is 18.2 Å². The summed E-state index contributed by atoms with van der Waals surface area (Å²) in [5, 5.41) is 10.4. The van der Waals surface area contributed by atoms with Gasteiger partial charge in [0, 0.05) is 0 Å². The number of alkyl halides is 3. The summed E-state index contributed by atoms with van der Waals surface area (Å²) in [5.41, 5.74) is 0.528. The summed E-state index contributed by atoms with van der Waals surface area (Å²) in [6.45, 7) is -0.447. The van der Waals surface area contributed by atoms with Crippen molar-refractivity contribution in [3.63, 3.8) is 0 Å². The zero-order chi connectivity index (χ0) is 15.3. The van der Waals surface area contributed by atoms with Gasteiger partial charge in [-0.1, -0.05) is 6.07 Å². The third-order valence-corrected chi connectivity index (χ3v) is 2.28. The fourth-order valence-corrected chi connectivity index (χ4v) is 1.28. The van der Waals surface area contributed by atoms with Crippen LogP contribution < -0.4 is 10.1 Å². The first kappa shape index (κ1) is 15.8.